The fourth-order valence-electron chi connectivity index (χ4n) is 3.21. The summed E-state index contributed by atoms with van der Waals surface area (Å²) in [6.07, 6.45) is 2.11. The molecule has 0 spiro atoms. The van der Waals surface area contributed by atoms with Gasteiger partial charge in [-0.2, -0.15) is 9.41 Å². The van der Waals surface area contributed by atoms with Crippen LogP contribution in [0.2, 0.25) is 5.02 Å². The second-order valence-electron chi connectivity index (χ2n) is 6.65. The number of carbonyl (C=O) groups excluding carboxylic acids is 1. The van der Waals surface area contributed by atoms with Crippen molar-refractivity contribution in [3.8, 4) is 5.75 Å². The third kappa shape index (κ3) is 5.01. The van der Waals surface area contributed by atoms with E-state index in [0.29, 0.717) is 23.4 Å². The minimum absolute atomic E-state index is 0.0469. The van der Waals surface area contributed by atoms with Crippen molar-refractivity contribution in [3.05, 3.63) is 63.2 Å². The summed E-state index contributed by atoms with van der Waals surface area (Å²) in [4.78, 5) is 23.1. The van der Waals surface area contributed by atoms with E-state index in [4.69, 9.17) is 16.3 Å². The molecule has 10 nitrogen and oxygen atoms in total. The van der Waals surface area contributed by atoms with Crippen molar-refractivity contribution in [1.29, 1.82) is 0 Å². The number of nitrogens with one attached hydrogen (secondary N) is 1. The molecule has 2 aromatic rings. The average Bonchev–Trinajstić information content (AvgIpc) is 3.25. The molecule has 1 saturated heterocycles. The molecule has 1 fully saturated rings. The lowest BCUT2D eigenvalue weighted by molar-refractivity contribution is -0.385. The molecule has 12 heteroatoms. The number of benzene rings is 2. The zero-order chi connectivity index (χ0) is 22.6. The van der Waals surface area contributed by atoms with E-state index < -0.39 is 26.9 Å². The molecule has 0 bridgehead atoms. The van der Waals surface area contributed by atoms with Crippen LogP contribution in [0, 0.1) is 10.1 Å². The molecular formula is C19H19ClN4O6S. The fraction of sp³-hybridized carbons (Fsp3) is 0.263. The lowest BCUT2D eigenvalue weighted by atomic mass is 10.2. The van der Waals surface area contributed by atoms with Crippen molar-refractivity contribution in [1.82, 2.24) is 9.73 Å². The van der Waals surface area contributed by atoms with Gasteiger partial charge in [0.25, 0.3) is 5.91 Å². The number of rotatable bonds is 7. The van der Waals surface area contributed by atoms with Gasteiger partial charge in [-0.3, -0.25) is 14.9 Å². The Hall–Kier alpha value is -3.02. The molecule has 0 radical (unpaired) electrons. The first-order valence-electron chi connectivity index (χ1n) is 9.17. The minimum Gasteiger partial charge on any atom is -0.490 e. The lowest BCUT2D eigenvalue weighted by Gasteiger charge is -2.22. The molecule has 1 aliphatic heterocycles. The maximum atomic E-state index is 12.9. The number of nitro benzene ring substituents is 1. The third-order valence-electron chi connectivity index (χ3n) is 4.71. The number of amides is 1. The molecule has 0 aliphatic carbocycles. The van der Waals surface area contributed by atoms with Gasteiger partial charge in [-0.15, -0.1) is 0 Å². The highest BCUT2D eigenvalue weighted by Crippen LogP contribution is 2.28. The first kappa shape index (κ1) is 22.7. The molecule has 31 heavy (non-hydrogen) atoms. The number of carbonyl (C=O) groups is 1. The van der Waals surface area contributed by atoms with Gasteiger partial charge in [-0.25, -0.2) is 13.8 Å². The second-order valence-corrected chi connectivity index (χ2v) is 8.98. The number of halogens is 1. The Morgan fingerprint density at radius 3 is 2.68 bits per heavy atom. The molecule has 1 heterocycles. The highest BCUT2D eigenvalue weighted by molar-refractivity contribution is 7.89. The van der Waals surface area contributed by atoms with Crippen LogP contribution in [0.1, 0.15) is 18.4 Å². The first-order valence-corrected chi connectivity index (χ1v) is 11.0. The van der Waals surface area contributed by atoms with Crippen molar-refractivity contribution < 1.29 is 22.9 Å². The predicted octanol–water partition coefficient (Wildman–Crippen LogP) is 2.56. The summed E-state index contributed by atoms with van der Waals surface area (Å²) in [5, 5.41) is 15.3. The highest BCUT2D eigenvalue weighted by atomic mass is 35.5. The number of nitro groups is 1. The van der Waals surface area contributed by atoms with E-state index in [0.717, 1.165) is 4.31 Å². The van der Waals surface area contributed by atoms with E-state index in [1.807, 2.05) is 0 Å². The van der Waals surface area contributed by atoms with Gasteiger partial charge in [0.1, 0.15) is 6.04 Å². The van der Waals surface area contributed by atoms with Crippen molar-refractivity contribution in [2.75, 3.05) is 13.7 Å². The van der Waals surface area contributed by atoms with Gasteiger partial charge >= 0.3 is 5.69 Å². The molecule has 3 rings (SSSR count). The van der Waals surface area contributed by atoms with Gasteiger partial charge in [0.15, 0.2) is 5.75 Å². The van der Waals surface area contributed by atoms with Crippen LogP contribution in [0.15, 0.2) is 52.5 Å². The number of sulfonamides is 1. The maximum absolute atomic E-state index is 12.9. The number of hydrogen-bond donors (Lipinski definition) is 1. The summed E-state index contributed by atoms with van der Waals surface area (Å²) in [6, 6.07) is 9.01. The smallest absolute Gasteiger partial charge is 0.311 e. The molecule has 1 atom stereocenters. The van der Waals surface area contributed by atoms with Crippen LogP contribution in [0.4, 0.5) is 5.69 Å². The summed E-state index contributed by atoms with van der Waals surface area (Å²) in [7, 11) is -2.56. The summed E-state index contributed by atoms with van der Waals surface area (Å²) in [6.45, 7) is 0.206. The number of hydrogen-bond acceptors (Lipinski definition) is 7. The SMILES string of the molecule is COc1ccc(/C=N\NC(=O)[C@@H]2CCCN2S(=O)(=O)c2ccc(Cl)cc2)cc1[N+](=O)[O-]. The van der Waals surface area contributed by atoms with E-state index in [1.165, 1.54) is 55.8 Å². The van der Waals surface area contributed by atoms with Crippen molar-refractivity contribution in [3.63, 3.8) is 0 Å². The number of ether oxygens (including phenoxy) is 1. The van der Waals surface area contributed by atoms with Crippen molar-refractivity contribution in [2.45, 2.75) is 23.8 Å². The van der Waals surface area contributed by atoms with E-state index >= 15 is 0 Å². The number of methoxy groups -OCH3 is 1. The molecule has 1 N–H and O–H groups in total. The van der Waals surface area contributed by atoms with Crippen molar-refractivity contribution in [2.24, 2.45) is 5.10 Å². The van der Waals surface area contributed by atoms with E-state index in [9.17, 15) is 23.3 Å². The normalized spacial score (nSPS) is 17.0. The van der Waals surface area contributed by atoms with Crippen LogP contribution in [0.5, 0.6) is 5.75 Å². The van der Waals surface area contributed by atoms with Gasteiger partial charge in [-0.05, 0) is 49.2 Å². The zero-order valence-corrected chi connectivity index (χ0v) is 18.0. The lowest BCUT2D eigenvalue weighted by Crippen LogP contribution is -2.44. The Kier molecular flexibility index (Phi) is 6.88. The zero-order valence-electron chi connectivity index (χ0n) is 16.4. The van der Waals surface area contributed by atoms with E-state index in [-0.39, 0.29) is 22.9 Å². The molecule has 0 unspecified atom stereocenters. The molecule has 0 aromatic heterocycles. The van der Waals surface area contributed by atoms with Crippen LogP contribution in [-0.2, 0) is 14.8 Å². The molecule has 164 valence electrons. The Labute approximate surface area is 183 Å². The van der Waals surface area contributed by atoms with E-state index in [1.54, 1.807) is 0 Å². The summed E-state index contributed by atoms with van der Waals surface area (Å²) < 4.78 is 31.9. The molecule has 2 aromatic carbocycles. The Balaban J connectivity index is 1.72. The first-order chi connectivity index (χ1) is 14.7. The quantitative estimate of drug-likeness (QED) is 0.379. The Bertz CT molecular complexity index is 1120. The van der Waals surface area contributed by atoms with Crippen molar-refractivity contribution >= 4 is 39.4 Å². The second kappa shape index (κ2) is 9.41. The van der Waals surface area contributed by atoms with Gasteiger partial charge in [0.2, 0.25) is 10.0 Å². The Morgan fingerprint density at radius 2 is 2.03 bits per heavy atom. The largest absolute Gasteiger partial charge is 0.490 e. The van der Waals surface area contributed by atoms with E-state index in [2.05, 4.69) is 10.5 Å². The van der Waals surface area contributed by atoms with Gasteiger partial charge < -0.3 is 4.74 Å². The molecule has 1 aliphatic rings. The van der Waals surface area contributed by atoms with Gasteiger partial charge in [0, 0.05) is 23.2 Å². The van der Waals surface area contributed by atoms with Crippen LogP contribution in [-0.4, -0.2) is 49.5 Å². The predicted molar refractivity (Wildman–Crippen MR) is 114 cm³/mol. The summed E-state index contributed by atoms with van der Waals surface area (Å²) in [5.41, 5.74) is 2.44. The molecule has 0 saturated carbocycles. The van der Waals surface area contributed by atoms with Gasteiger partial charge in [0.05, 0.1) is 23.1 Å². The molecule has 1 amide bonds. The van der Waals surface area contributed by atoms with Crippen LogP contribution in [0.3, 0.4) is 0 Å². The third-order valence-corrected chi connectivity index (χ3v) is 6.89. The highest BCUT2D eigenvalue weighted by Gasteiger charge is 2.39. The Morgan fingerprint density at radius 1 is 1.32 bits per heavy atom. The minimum atomic E-state index is -3.88. The fourth-order valence-corrected chi connectivity index (χ4v) is 4.99. The number of hydrazone groups is 1. The van der Waals surface area contributed by atoms with Crippen LogP contribution >= 0.6 is 11.6 Å². The summed E-state index contributed by atoms with van der Waals surface area (Å²) in [5.74, 6) is -0.491. The number of nitrogens with zero attached hydrogens (tertiary/aromatic N) is 3. The molecular weight excluding hydrogens is 448 g/mol. The monoisotopic (exact) mass is 466 g/mol. The maximum Gasteiger partial charge on any atom is 0.311 e. The van der Waals surface area contributed by atoms with Crippen LogP contribution in [0.25, 0.3) is 0 Å². The van der Waals surface area contributed by atoms with Gasteiger partial charge in [-0.1, -0.05) is 11.6 Å². The topological polar surface area (TPSA) is 131 Å². The van der Waals surface area contributed by atoms with Crippen LogP contribution < -0.4 is 10.2 Å². The standard InChI is InChI=1S/C19H19ClN4O6S/c1-30-18-9-4-13(11-17(18)24(26)27)12-21-22-19(25)16-3-2-10-23(16)31(28,29)15-7-5-14(20)6-8-15/h4-9,11-12,16H,2-3,10H2,1H3,(H,22,25)/b21-12-/t16-/m0/s1. The summed E-state index contributed by atoms with van der Waals surface area (Å²) >= 11 is 5.82. The average molecular weight is 467 g/mol.